The number of morpholine rings is 1. The van der Waals surface area contributed by atoms with Crippen molar-refractivity contribution < 1.29 is 22.7 Å². The van der Waals surface area contributed by atoms with E-state index >= 15 is 0 Å². The molecule has 0 aromatic heterocycles. The molecule has 2 unspecified atom stereocenters. The highest BCUT2D eigenvalue weighted by Gasteiger charge is 2.33. The lowest BCUT2D eigenvalue weighted by Gasteiger charge is -2.35. The number of carbonyl (C=O) groups excluding carboxylic acids is 1. The molecule has 0 bridgehead atoms. The summed E-state index contributed by atoms with van der Waals surface area (Å²) in [5, 5.41) is 2.37. The molecule has 0 radical (unpaired) electrons. The largest absolute Gasteiger partial charge is 0.417 e. The number of halogens is 4. The van der Waals surface area contributed by atoms with Gasteiger partial charge in [-0.3, -0.25) is 9.69 Å². The van der Waals surface area contributed by atoms with Crippen LogP contribution in [-0.2, 0) is 15.7 Å². The SMILES string of the molecule is O=C(/C=C/c1ccc(Cl)c(C(F)(F)F)c1)NCC1CN2CCCC2CO1. The van der Waals surface area contributed by atoms with Gasteiger partial charge in [-0.05, 0) is 43.2 Å². The number of nitrogens with zero attached hydrogens (tertiary/aromatic N) is 1. The van der Waals surface area contributed by atoms with Crippen LogP contribution in [0.2, 0.25) is 5.02 Å². The minimum Gasteiger partial charge on any atom is -0.373 e. The third-order valence-electron chi connectivity index (χ3n) is 4.69. The Hall–Kier alpha value is -1.57. The fourth-order valence-electron chi connectivity index (χ4n) is 3.32. The van der Waals surface area contributed by atoms with Crippen LogP contribution < -0.4 is 5.32 Å². The standard InChI is InChI=1S/C18H20ClF3N2O2/c19-16-5-3-12(8-15(16)18(20,21)22)4-6-17(25)23-9-14-10-24-7-1-2-13(24)11-26-14/h3-6,8,13-14H,1-2,7,9-11H2,(H,23,25)/b6-4+. The molecule has 142 valence electrons. The summed E-state index contributed by atoms with van der Waals surface area (Å²) < 4.78 is 44.3. The van der Waals surface area contributed by atoms with Crippen molar-refractivity contribution in [3.05, 3.63) is 40.4 Å². The predicted molar refractivity (Wildman–Crippen MR) is 92.8 cm³/mol. The second-order valence-electron chi connectivity index (χ2n) is 6.56. The molecule has 1 N–H and O–H groups in total. The predicted octanol–water partition coefficient (Wildman–Crippen LogP) is 3.35. The summed E-state index contributed by atoms with van der Waals surface area (Å²) in [6, 6.07) is 4.02. The average Bonchev–Trinajstić information content (AvgIpc) is 3.06. The number of ether oxygens (including phenoxy) is 1. The van der Waals surface area contributed by atoms with Gasteiger partial charge in [-0.25, -0.2) is 0 Å². The van der Waals surface area contributed by atoms with E-state index in [1.54, 1.807) is 0 Å². The highest BCUT2D eigenvalue weighted by atomic mass is 35.5. The summed E-state index contributed by atoms with van der Waals surface area (Å²) in [7, 11) is 0. The van der Waals surface area contributed by atoms with Gasteiger partial charge in [0.25, 0.3) is 0 Å². The quantitative estimate of drug-likeness (QED) is 0.804. The van der Waals surface area contributed by atoms with E-state index in [-0.39, 0.29) is 22.6 Å². The molecule has 26 heavy (non-hydrogen) atoms. The van der Waals surface area contributed by atoms with Crippen molar-refractivity contribution in [1.29, 1.82) is 0 Å². The van der Waals surface area contributed by atoms with E-state index in [9.17, 15) is 18.0 Å². The highest BCUT2D eigenvalue weighted by Crippen LogP contribution is 2.35. The first-order valence-corrected chi connectivity index (χ1v) is 8.89. The Bertz CT molecular complexity index is 694. The van der Waals surface area contributed by atoms with Gasteiger partial charge in [0.2, 0.25) is 5.91 Å². The maximum absolute atomic E-state index is 12.8. The van der Waals surface area contributed by atoms with Crippen molar-refractivity contribution in [2.24, 2.45) is 0 Å². The smallest absolute Gasteiger partial charge is 0.373 e. The van der Waals surface area contributed by atoms with E-state index in [2.05, 4.69) is 10.2 Å². The fourth-order valence-corrected chi connectivity index (χ4v) is 3.54. The first-order chi connectivity index (χ1) is 12.3. The van der Waals surface area contributed by atoms with Crippen molar-refractivity contribution in [3.63, 3.8) is 0 Å². The lowest BCUT2D eigenvalue weighted by Crippen LogP contribution is -2.49. The maximum atomic E-state index is 12.8. The number of carbonyl (C=O) groups is 1. The molecule has 4 nitrogen and oxygen atoms in total. The summed E-state index contributed by atoms with van der Waals surface area (Å²) >= 11 is 5.58. The second-order valence-corrected chi connectivity index (χ2v) is 6.97. The van der Waals surface area contributed by atoms with Crippen molar-refractivity contribution in [2.75, 3.05) is 26.2 Å². The van der Waals surface area contributed by atoms with E-state index in [1.165, 1.54) is 30.7 Å². The molecule has 2 aliphatic heterocycles. The van der Waals surface area contributed by atoms with Gasteiger partial charge < -0.3 is 10.1 Å². The molecule has 2 atom stereocenters. The van der Waals surface area contributed by atoms with Crippen molar-refractivity contribution in [3.8, 4) is 0 Å². The molecular formula is C18H20ClF3N2O2. The Morgan fingerprint density at radius 3 is 3.00 bits per heavy atom. The zero-order chi connectivity index (χ0) is 18.7. The Balaban J connectivity index is 1.52. The van der Waals surface area contributed by atoms with Crippen LogP contribution in [0.15, 0.2) is 24.3 Å². The van der Waals surface area contributed by atoms with Crippen LogP contribution in [0.5, 0.6) is 0 Å². The van der Waals surface area contributed by atoms with Gasteiger partial charge in [-0.15, -0.1) is 0 Å². The Morgan fingerprint density at radius 2 is 2.23 bits per heavy atom. The minimum absolute atomic E-state index is 0.0611. The van der Waals surface area contributed by atoms with E-state index in [0.29, 0.717) is 19.2 Å². The zero-order valence-electron chi connectivity index (χ0n) is 14.1. The summed E-state index contributed by atoms with van der Waals surface area (Å²) in [6.07, 6.45) is 0.285. The Morgan fingerprint density at radius 1 is 1.42 bits per heavy atom. The zero-order valence-corrected chi connectivity index (χ0v) is 14.8. The molecule has 1 aromatic rings. The van der Waals surface area contributed by atoms with E-state index in [1.807, 2.05) is 0 Å². The van der Waals surface area contributed by atoms with Crippen LogP contribution >= 0.6 is 11.6 Å². The number of alkyl halides is 3. The van der Waals surface area contributed by atoms with Crippen molar-refractivity contribution in [1.82, 2.24) is 10.2 Å². The molecule has 0 aliphatic carbocycles. The van der Waals surface area contributed by atoms with Crippen LogP contribution in [0.25, 0.3) is 6.08 Å². The lowest BCUT2D eigenvalue weighted by molar-refractivity contribution is -0.137. The molecule has 1 amide bonds. The molecule has 0 saturated carbocycles. The van der Waals surface area contributed by atoms with Crippen LogP contribution in [0.4, 0.5) is 13.2 Å². The summed E-state index contributed by atoms with van der Waals surface area (Å²) in [5.41, 5.74) is -0.664. The average molecular weight is 389 g/mol. The molecule has 2 saturated heterocycles. The summed E-state index contributed by atoms with van der Waals surface area (Å²) in [4.78, 5) is 14.3. The molecule has 2 heterocycles. The van der Waals surface area contributed by atoms with Gasteiger partial charge in [0.1, 0.15) is 0 Å². The summed E-state index contributed by atoms with van der Waals surface area (Å²) in [6.45, 7) is 2.92. The number of hydrogen-bond donors (Lipinski definition) is 1. The summed E-state index contributed by atoms with van der Waals surface area (Å²) in [5.74, 6) is -0.374. The molecular weight excluding hydrogens is 369 g/mol. The lowest BCUT2D eigenvalue weighted by atomic mass is 10.1. The van der Waals surface area contributed by atoms with Crippen LogP contribution in [-0.4, -0.2) is 49.2 Å². The Labute approximate surface area is 154 Å². The topological polar surface area (TPSA) is 41.6 Å². The van der Waals surface area contributed by atoms with Crippen molar-refractivity contribution in [2.45, 2.75) is 31.2 Å². The van der Waals surface area contributed by atoms with Gasteiger partial charge in [-0.2, -0.15) is 13.2 Å². The molecule has 2 aliphatic rings. The normalized spacial score (nSPS) is 24.0. The third kappa shape index (κ3) is 4.78. The molecule has 0 spiro atoms. The number of benzene rings is 1. The monoisotopic (exact) mass is 388 g/mol. The number of nitrogens with one attached hydrogen (secondary N) is 1. The van der Waals surface area contributed by atoms with Crippen LogP contribution in [0.1, 0.15) is 24.0 Å². The molecule has 3 rings (SSSR count). The third-order valence-corrected chi connectivity index (χ3v) is 5.02. The number of fused-ring (bicyclic) bond motifs is 1. The molecule has 8 heteroatoms. The van der Waals surface area contributed by atoms with Gasteiger partial charge in [-0.1, -0.05) is 17.7 Å². The van der Waals surface area contributed by atoms with E-state index in [4.69, 9.17) is 16.3 Å². The molecule has 2 fully saturated rings. The molecule has 1 aromatic carbocycles. The van der Waals surface area contributed by atoms with Gasteiger partial charge in [0, 0.05) is 25.2 Å². The van der Waals surface area contributed by atoms with E-state index in [0.717, 1.165) is 25.6 Å². The highest BCUT2D eigenvalue weighted by molar-refractivity contribution is 6.31. The number of rotatable bonds is 4. The number of hydrogen-bond acceptors (Lipinski definition) is 3. The van der Waals surface area contributed by atoms with Crippen LogP contribution in [0, 0.1) is 0 Å². The second kappa shape index (κ2) is 7.98. The van der Waals surface area contributed by atoms with Gasteiger partial charge in [0.15, 0.2) is 0 Å². The van der Waals surface area contributed by atoms with Crippen molar-refractivity contribution >= 4 is 23.6 Å². The van der Waals surface area contributed by atoms with E-state index < -0.39 is 11.7 Å². The number of amides is 1. The maximum Gasteiger partial charge on any atom is 0.417 e. The first-order valence-electron chi connectivity index (χ1n) is 8.51. The Kier molecular flexibility index (Phi) is 5.89. The first kappa shape index (κ1) is 19.2. The minimum atomic E-state index is -4.53. The van der Waals surface area contributed by atoms with Gasteiger partial charge in [0.05, 0.1) is 23.3 Å². The van der Waals surface area contributed by atoms with Crippen LogP contribution in [0.3, 0.4) is 0 Å². The van der Waals surface area contributed by atoms with Gasteiger partial charge >= 0.3 is 6.18 Å². The fraction of sp³-hybridized carbons (Fsp3) is 0.500.